The molecule has 0 saturated carbocycles. The third kappa shape index (κ3) is 4.34. The van der Waals surface area contributed by atoms with Gasteiger partial charge in [-0.15, -0.1) is 10.3 Å². The van der Waals surface area contributed by atoms with E-state index in [9.17, 15) is 5.21 Å². The lowest BCUT2D eigenvalue weighted by Gasteiger charge is -2.51. The van der Waals surface area contributed by atoms with Crippen molar-refractivity contribution in [2.24, 2.45) is 11.8 Å². The molecule has 0 spiro atoms. The van der Waals surface area contributed by atoms with Crippen LogP contribution < -0.4 is 0 Å². The molecule has 2 heteroatoms. The summed E-state index contributed by atoms with van der Waals surface area (Å²) >= 11 is 0. The lowest BCUT2D eigenvalue weighted by atomic mass is 9.68. The van der Waals surface area contributed by atoms with Crippen molar-refractivity contribution in [2.45, 2.75) is 58.5 Å². The monoisotopic (exact) mass is 362 g/mol. The molecule has 0 bridgehead atoms. The first kappa shape index (κ1) is 19.9. The van der Waals surface area contributed by atoms with Crippen molar-refractivity contribution < 1.29 is 5.21 Å². The van der Waals surface area contributed by atoms with Crippen LogP contribution in [0, 0.1) is 11.8 Å². The molecule has 3 rings (SSSR count). The van der Waals surface area contributed by atoms with Crippen molar-refractivity contribution in [3.8, 4) is 0 Å². The van der Waals surface area contributed by atoms with Crippen molar-refractivity contribution in [3.05, 3.63) is 71.8 Å². The fraction of sp³-hybridized carbons (Fsp3) is 0.440. The van der Waals surface area contributed by atoms with Gasteiger partial charge in [-0.25, -0.2) is 0 Å². The molecule has 2 aromatic carbocycles. The predicted molar refractivity (Wildman–Crippen MR) is 113 cm³/mol. The SMILES string of the molecule is CC(/C(=C/c1ccccc1)c1ccccc1)C1CC(C)(C)N([O])C(C)(C)C1. The van der Waals surface area contributed by atoms with Gasteiger partial charge in [-0.2, -0.15) is 0 Å². The highest BCUT2D eigenvalue weighted by Gasteiger charge is 2.47. The van der Waals surface area contributed by atoms with E-state index in [1.807, 2.05) is 0 Å². The first-order valence-corrected chi connectivity index (χ1v) is 10.0. The lowest BCUT2D eigenvalue weighted by molar-refractivity contribution is -0.295. The quantitative estimate of drug-likeness (QED) is 0.571. The summed E-state index contributed by atoms with van der Waals surface area (Å²) in [5, 5.41) is 14.1. The molecule has 1 aliphatic heterocycles. The molecule has 2 nitrogen and oxygen atoms in total. The van der Waals surface area contributed by atoms with Crippen LogP contribution in [0.4, 0.5) is 0 Å². The third-order valence-electron chi connectivity index (χ3n) is 6.05. The maximum Gasteiger partial charge on any atom is 0.0446 e. The number of hydrogen-bond acceptors (Lipinski definition) is 1. The van der Waals surface area contributed by atoms with E-state index >= 15 is 0 Å². The highest BCUT2D eigenvalue weighted by atomic mass is 16.5. The number of piperidine rings is 1. The van der Waals surface area contributed by atoms with Crippen LogP contribution in [-0.4, -0.2) is 16.1 Å². The van der Waals surface area contributed by atoms with Crippen molar-refractivity contribution in [2.75, 3.05) is 0 Å². The summed E-state index contributed by atoms with van der Waals surface area (Å²) in [5.74, 6) is 0.843. The Kier molecular flexibility index (Phi) is 5.60. The summed E-state index contributed by atoms with van der Waals surface area (Å²) < 4.78 is 0. The van der Waals surface area contributed by atoms with E-state index in [0.29, 0.717) is 11.8 Å². The number of rotatable bonds is 4. The van der Waals surface area contributed by atoms with E-state index in [4.69, 9.17) is 0 Å². The van der Waals surface area contributed by atoms with Crippen molar-refractivity contribution in [3.63, 3.8) is 0 Å². The largest absolute Gasteiger partial charge is 0.144 e. The molecule has 0 N–H and O–H groups in total. The summed E-state index contributed by atoms with van der Waals surface area (Å²) in [6, 6.07) is 21.2. The summed E-state index contributed by atoms with van der Waals surface area (Å²) in [5.41, 5.74) is 3.18. The van der Waals surface area contributed by atoms with Crippen molar-refractivity contribution >= 4 is 11.6 Å². The summed E-state index contributed by atoms with van der Waals surface area (Å²) in [4.78, 5) is 0. The van der Waals surface area contributed by atoms with E-state index in [0.717, 1.165) is 12.8 Å². The summed E-state index contributed by atoms with van der Waals surface area (Å²) in [6.45, 7) is 10.7. The van der Waals surface area contributed by atoms with E-state index in [-0.39, 0.29) is 11.1 Å². The predicted octanol–water partition coefficient (Wildman–Crippen LogP) is 6.48. The normalized spacial score (nSPS) is 21.8. The van der Waals surface area contributed by atoms with Gasteiger partial charge in [0.05, 0.1) is 0 Å². The zero-order valence-electron chi connectivity index (χ0n) is 17.3. The average Bonchev–Trinajstić information content (AvgIpc) is 2.64. The van der Waals surface area contributed by atoms with Crippen LogP contribution in [-0.2, 0) is 5.21 Å². The standard InChI is InChI=1S/C25H32NO/c1-19(22-17-24(2,3)26(27)25(4,5)18-22)23(21-14-10-7-11-15-21)16-20-12-8-6-9-13-20/h6-16,19,22H,17-18H2,1-5H3/b23-16-. The molecule has 0 aliphatic carbocycles. The van der Waals surface area contributed by atoms with Gasteiger partial charge in [0.1, 0.15) is 0 Å². The Hall–Kier alpha value is -1.90. The molecule has 2 aromatic rings. The fourth-order valence-electron chi connectivity index (χ4n) is 4.79. The topological polar surface area (TPSA) is 23.1 Å². The van der Waals surface area contributed by atoms with Gasteiger partial charge in [-0.05, 0) is 69.1 Å². The molecule has 1 radical (unpaired) electrons. The first-order chi connectivity index (χ1) is 12.7. The van der Waals surface area contributed by atoms with Gasteiger partial charge in [0, 0.05) is 11.1 Å². The Morgan fingerprint density at radius 1 is 0.926 bits per heavy atom. The van der Waals surface area contributed by atoms with Crippen LogP contribution in [0.5, 0.6) is 0 Å². The minimum absolute atomic E-state index is 0.338. The molecule has 1 aliphatic rings. The van der Waals surface area contributed by atoms with Crippen LogP contribution in [0.25, 0.3) is 11.6 Å². The summed E-state index contributed by atoms with van der Waals surface area (Å²) in [7, 11) is 0. The molecule has 0 amide bonds. The Morgan fingerprint density at radius 3 is 1.93 bits per heavy atom. The second-order valence-corrected chi connectivity index (χ2v) is 9.25. The second-order valence-electron chi connectivity index (χ2n) is 9.25. The Balaban J connectivity index is 1.99. The average molecular weight is 363 g/mol. The highest BCUT2D eigenvalue weighted by Crippen LogP contribution is 2.46. The van der Waals surface area contributed by atoms with E-state index in [1.54, 1.807) is 0 Å². The number of benzene rings is 2. The minimum atomic E-state index is -0.338. The zero-order chi connectivity index (χ0) is 19.7. The molecule has 1 saturated heterocycles. The summed E-state index contributed by atoms with van der Waals surface area (Å²) in [6.07, 6.45) is 4.16. The third-order valence-corrected chi connectivity index (χ3v) is 6.05. The molecule has 1 fully saturated rings. The molecule has 1 heterocycles. The van der Waals surface area contributed by atoms with Gasteiger partial charge < -0.3 is 0 Å². The van der Waals surface area contributed by atoms with E-state index in [2.05, 4.69) is 101 Å². The smallest absolute Gasteiger partial charge is 0.0446 e. The lowest BCUT2D eigenvalue weighted by Crippen LogP contribution is -2.58. The van der Waals surface area contributed by atoms with Gasteiger partial charge in [0.15, 0.2) is 0 Å². The van der Waals surface area contributed by atoms with Gasteiger partial charge in [0.25, 0.3) is 0 Å². The van der Waals surface area contributed by atoms with E-state index < -0.39 is 0 Å². The van der Waals surface area contributed by atoms with Gasteiger partial charge >= 0.3 is 0 Å². The maximum absolute atomic E-state index is 12.8. The number of hydrogen-bond donors (Lipinski definition) is 0. The molecule has 1 unspecified atom stereocenters. The number of nitrogens with zero attached hydrogens (tertiary/aromatic N) is 1. The Bertz CT molecular complexity index is 758. The first-order valence-electron chi connectivity index (χ1n) is 10.0. The van der Waals surface area contributed by atoms with Gasteiger partial charge in [-0.3, -0.25) is 0 Å². The Labute approximate surface area is 164 Å². The molecule has 0 aromatic heterocycles. The number of hydroxylamine groups is 2. The Morgan fingerprint density at radius 2 is 1.41 bits per heavy atom. The van der Waals surface area contributed by atoms with Crippen LogP contribution in [0.3, 0.4) is 0 Å². The van der Waals surface area contributed by atoms with E-state index in [1.165, 1.54) is 21.8 Å². The van der Waals surface area contributed by atoms with Crippen molar-refractivity contribution in [1.82, 2.24) is 5.06 Å². The van der Waals surface area contributed by atoms with Gasteiger partial charge in [-0.1, -0.05) is 73.7 Å². The molecule has 143 valence electrons. The van der Waals surface area contributed by atoms with Crippen LogP contribution in [0.1, 0.15) is 58.6 Å². The minimum Gasteiger partial charge on any atom is -0.144 e. The van der Waals surface area contributed by atoms with Crippen LogP contribution in [0.2, 0.25) is 0 Å². The maximum atomic E-state index is 12.8. The van der Waals surface area contributed by atoms with Crippen LogP contribution >= 0.6 is 0 Å². The molecular formula is C25H32NO. The molecule has 1 atom stereocenters. The fourth-order valence-corrected chi connectivity index (χ4v) is 4.79. The number of allylic oxidation sites excluding steroid dienone is 1. The van der Waals surface area contributed by atoms with Crippen LogP contribution in [0.15, 0.2) is 60.7 Å². The second kappa shape index (κ2) is 7.61. The van der Waals surface area contributed by atoms with Crippen molar-refractivity contribution in [1.29, 1.82) is 0 Å². The molecule has 27 heavy (non-hydrogen) atoms. The molecular weight excluding hydrogens is 330 g/mol. The highest BCUT2D eigenvalue weighted by molar-refractivity contribution is 5.82. The van der Waals surface area contributed by atoms with Gasteiger partial charge in [0.2, 0.25) is 0 Å². The zero-order valence-corrected chi connectivity index (χ0v) is 17.3.